The molecule has 5 nitrogen and oxygen atoms in total. The number of hydrogen-bond acceptors (Lipinski definition) is 4. The van der Waals surface area contributed by atoms with Gasteiger partial charge in [0.25, 0.3) is 11.6 Å². The second-order valence-corrected chi connectivity index (χ2v) is 5.54. The van der Waals surface area contributed by atoms with Crippen molar-refractivity contribution in [3.63, 3.8) is 0 Å². The number of halogens is 3. The second-order valence-electron chi connectivity index (χ2n) is 5.54. The van der Waals surface area contributed by atoms with E-state index in [2.05, 4.69) is 5.10 Å². The van der Waals surface area contributed by atoms with Gasteiger partial charge in [0, 0.05) is 0 Å². The summed E-state index contributed by atoms with van der Waals surface area (Å²) in [5.41, 5.74) is -3.59. The fourth-order valence-electron chi connectivity index (χ4n) is 2.54. The van der Waals surface area contributed by atoms with Crippen LogP contribution in [-0.2, 0) is 0 Å². The first-order chi connectivity index (χ1) is 11.7. The van der Waals surface area contributed by atoms with Crippen molar-refractivity contribution in [2.45, 2.75) is 18.3 Å². The lowest BCUT2D eigenvalue weighted by Crippen LogP contribution is -2.56. The first-order valence-corrected chi connectivity index (χ1v) is 7.28. The van der Waals surface area contributed by atoms with E-state index in [1.54, 1.807) is 18.2 Å². The Hall–Kier alpha value is -2.87. The average Bonchev–Trinajstić information content (AvgIpc) is 2.94. The van der Waals surface area contributed by atoms with Gasteiger partial charge in [-0.3, -0.25) is 4.79 Å². The molecule has 0 saturated heterocycles. The number of phenols is 1. The molecule has 1 aliphatic heterocycles. The lowest BCUT2D eigenvalue weighted by atomic mass is 10.0. The SMILES string of the molecule is O=C(c1ccccc1O)N1N=C(c2ccccc2)C[C@@]1(O)C(F)(F)F. The molecular formula is C17H13F3N2O3. The summed E-state index contributed by atoms with van der Waals surface area (Å²) in [4.78, 5) is 12.5. The number of benzene rings is 2. The Morgan fingerprint density at radius 2 is 1.68 bits per heavy atom. The zero-order valence-electron chi connectivity index (χ0n) is 12.7. The molecule has 0 saturated carbocycles. The zero-order valence-corrected chi connectivity index (χ0v) is 12.7. The molecule has 0 spiro atoms. The number of amides is 1. The van der Waals surface area contributed by atoms with E-state index in [1.807, 2.05) is 0 Å². The van der Waals surface area contributed by atoms with Crippen LogP contribution in [0, 0.1) is 0 Å². The van der Waals surface area contributed by atoms with E-state index in [0.29, 0.717) is 5.56 Å². The molecule has 0 aliphatic carbocycles. The van der Waals surface area contributed by atoms with Crippen molar-refractivity contribution in [1.82, 2.24) is 5.01 Å². The molecule has 25 heavy (non-hydrogen) atoms. The highest BCUT2D eigenvalue weighted by Crippen LogP contribution is 2.42. The quantitative estimate of drug-likeness (QED) is 0.875. The number of alkyl halides is 3. The van der Waals surface area contributed by atoms with E-state index in [4.69, 9.17) is 0 Å². The highest BCUT2D eigenvalue weighted by Gasteiger charge is 2.63. The molecule has 1 aliphatic rings. The normalized spacial score (nSPS) is 20.5. The Balaban J connectivity index is 2.08. The number of carbonyl (C=O) groups is 1. The van der Waals surface area contributed by atoms with Gasteiger partial charge in [0.2, 0.25) is 0 Å². The Morgan fingerprint density at radius 3 is 2.28 bits per heavy atom. The van der Waals surface area contributed by atoms with Crippen LogP contribution in [0.15, 0.2) is 59.7 Å². The molecule has 2 aromatic rings. The highest BCUT2D eigenvalue weighted by atomic mass is 19.4. The van der Waals surface area contributed by atoms with Gasteiger partial charge >= 0.3 is 6.18 Å². The largest absolute Gasteiger partial charge is 0.507 e. The predicted octanol–water partition coefficient (Wildman–Crippen LogP) is 2.89. The van der Waals surface area contributed by atoms with Crippen molar-refractivity contribution >= 4 is 11.6 Å². The highest BCUT2D eigenvalue weighted by molar-refractivity contribution is 6.06. The summed E-state index contributed by atoms with van der Waals surface area (Å²) in [6, 6.07) is 13.1. The molecule has 0 bridgehead atoms. The maximum atomic E-state index is 13.5. The Morgan fingerprint density at radius 1 is 1.08 bits per heavy atom. The molecule has 1 atom stereocenters. The second kappa shape index (κ2) is 5.89. The van der Waals surface area contributed by atoms with Gasteiger partial charge in [0.15, 0.2) is 0 Å². The summed E-state index contributed by atoms with van der Waals surface area (Å²) in [6.07, 6.45) is -6.03. The molecule has 2 N–H and O–H groups in total. The van der Waals surface area contributed by atoms with Crippen molar-refractivity contribution in [2.75, 3.05) is 0 Å². The summed E-state index contributed by atoms with van der Waals surface area (Å²) < 4.78 is 40.4. The third kappa shape index (κ3) is 2.85. The van der Waals surface area contributed by atoms with Crippen molar-refractivity contribution in [1.29, 1.82) is 0 Å². The molecular weight excluding hydrogens is 337 g/mol. The van der Waals surface area contributed by atoms with Crippen LogP contribution in [0.2, 0.25) is 0 Å². The van der Waals surface area contributed by atoms with Gasteiger partial charge < -0.3 is 10.2 Å². The van der Waals surface area contributed by atoms with Crippen LogP contribution in [0.5, 0.6) is 5.75 Å². The third-order valence-electron chi connectivity index (χ3n) is 3.87. The van der Waals surface area contributed by atoms with E-state index < -0.39 is 30.0 Å². The molecule has 8 heteroatoms. The summed E-state index contributed by atoms with van der Waals surface area (Å²) in [7, 11) is 0. The maximum Gasteiger partial charge on any atom is 0.438 e. The van der Waals surface area contributed by atoms with E-state index in [-0.39, 0.29) is 16.3 Å². The van der Waals surface area contributed by atoms with Crippen molar-refractivity contribution < 1.29 is 28.2 Å². The number of nitrogens with zero attached hydrogens (tertiary/aromatic N) is 2. The van der Waals surface area contributed by atoms with Crippen LogP contribution < -0.4 is 0 Å². The fraction of sp³-hybridized carbons (Fsp3) is 0.176. The van der Waals surface area contributed by atoms with Gasteiger partial charge in [0.05, 0.1) is 17.7 Å². The van der Waals surface area contributed by atoms with Crippen LogP contribution in [0.3, 0.4) is 0 Å². The Labute approximate surface area is 140 Å². The zero-order chi connectivity index (χ0) is 18.2. The minimum absolute atomic E-state index is 0.00954. The first-order valence-electron chi connectivity index (χ1n) is 7.28. The average molecular weight is 350 g/mol. The molecule has 130 valence electrons. The number of hydrogen-bond donors (Lipinski definition) is 2. The third-order valence-corrected chi connectivity index (χ3v) is 3.87. The summed E-state index contributed by atoms with van der Waals surface area (Å²) in [5, 5.41) is 23.7. The van der Waals surface area contributed by atoms with Gasteiger partial charge in [-0.15, -0.1) is 0 Å². The van der Waals surface area contributed by atoms with Gasteiger partial charge in [0.1, 0.15) is 5.75 Å². The fourth-order valence-corrected chi connectivity index (χ4v) is 2.54. The topological polar surface area (TPSA) is 73.1 Å². The van der Waals surface area contributed by atoms with Crippen LogP contribution in [0.25, 0.3) is 0 Å². The molecule has 0 unspecified atom stereocenters. The maximum absolute atomic E-state index is 13.5. The number of carbonyl (C=O) groups excluding carboxylic acids is 1. The van der Waals surface area contributed by atoms with Crippen molar-refractivity contribution in [3.8, 4) is 5.75 Å². The number of rotatable bonds is 2. The van der Waals surface area contributed by atoms with Gasteiger partial charge in [-0.05, 0) is 17.7 Å². The summed E-state index contributed by atoms with van der Waals surface area (Å²) in [6.45, 7) is 0. The van der Waals surface area contributed by atoms with E-state index >= 15 is 0 Å². The molecule has 2 aromatic carbocycles. The molecule has 1 heterocycles. The lowest BCUT2D eigenvalue weighted by Gasteiger charge is -2.32. The van der Waals surface area contributed by atoms with Crippen LogP contribution in [-0.4, -0.2) is 38.7 Å². The van der Waals surface area contributed by atoms with Crippen molar-refractivity contribution in [3.05, 3.63) is 65.7 Å². The van der Waals surface area contributed by atoms with Gasteiger partial charge in [-0.2, -0.15) is 23.3 Å². The number of aliphatic hydroxyl groups is 1. The number of para-hydroxylation sites is 1. The minimum Gasteiger partial charge on any atom is -0.507 e. The lowest BCUT2D eigenvalue weighted by molar-refractivity contribution is -0.297. The summed E-state index contributed by atoms with van der Waals surface area (Å²) in [5.74, 6) is -1.75. The molecule has 3 rings (SSSR count). The number of aromatic hydroxyl groups is 1. The number of hydrazone groups is 1. The molecule has 0 aromatic heterocycles. The number of phenolic OH excluding ortho intramolecular Hbond substituents is 1. The van der Waals surface area contributed by atoms with E-state index in [9.17, 15) is 28.2 Å². The summed E-state index contributed by atoms with van der Waals surface area (Å²) >= 11 is 0. The van der Waals surface area contributed by atoms with Gasteiger partial charge in [-0.1, -0.05) is 42.5 Å². The molecule has 0 fully saturated rings. The van der Waals surface area contributed by atoms with Crippen LogP contribution in [0.4, 0.5) is 13.2 Å². The van der Waals surface area contributed by atoms with Gasteiger partial charge in [-0.25, -0.2) is 0 Å². The predicted molar refractivity (Wildman–Crippen MR) is 82.9 cm³/mol. The van der Waals surface area contributed by atoms with Crippen LogP contribution >= 0.6 is 0 Å². The minimum atomic E-state index is -5.13. The van der Waals surface area contributed by atoms with E-state index in [1.165, 1.54) is 24.3 Å². The van der Waals surface area contributed by atoms with E-state index in [0.717, 1.165) is 12.1 Å². The van der Waals surface area contributed by atoms with Crippen molar-refractivity contribution in [2.24, 2.45) is 5.10 Å². The smallest absolute Gasteiger partial charge is 0.438 e. The standard InChI is InChI=1S/C17H13F3N2O3/c18-17(19,20)16(25)10-13(11-6-2-1-3-7-11)21-22(16)15(24)12-8-4-5-9-14(12)23/h1-9,23,25H,10H2/t16-/m1/s1. The Kier molecular flexibility index (Phi) is 4.00. The Bertz CT molecular complexity index is 837. The first kappa shape index (κ1) is 17.0. The van der Waals surface area contributed by atoms with Crippen LogP contribution in [0.1, 0.15) is 22.3 Å². The molecule has 1 amide bonds. The molecule has 0 radical (unpaired) electrons. The monoisotopic (exact) mass is 350 g/mol.